The minimum Gasteiger partial charge on any atom is -0.478 e. The molecule has 24 heavy (non-hydrogen) atoms. The summed E-state index contributed by atoms with van der Waals surface area (Å²) in [6.45, 7) is 2.94. The zero-order valence-electron chi connectivity index (χ0n) is 13.7. The van der Waals surface area contributed by atoms with Gasteiger partial charge in [-0.05, 0) is 38.7 Å². The van der Waals surface area contributed by atoms with E-state index in [1.54, 1.807) is 6.92 Å². The van der Waals surface area contributed by atoms with Gasteiger partial charge in [0.25, 0.3) is 0 Å². The Kier molecular flexibility index (Phi) is 4.59. The van der Waals surface area contributed by atoms with Crippen LogP contribution in [0, 0.1) is 18.8 Å². The first-order valence-electron chi connectivity index (χ1n) is 8.35. The number of furan rings is 1. The first kappa shape index (κ1) is 16.5. The van der Waals surface area contributed by atoms with E-state index in [9.17, 15) is 14.4 Å². The molecule has 0 aromatic carbocycles. The van der Waals surface area contributed by atoms with Gasteiger partial charge in [-0.2, -0.15) is 0 Å². The van der Waals surface area contributed by atoms with Crippen molar-refractivity contribution in [3.8, 4) is 0 Å². The van der Waals surface area contributed by atoms with Gasteiger partial charge in [0.1, 0.15) is 17.1 Å². The van der Waals surface area contributed by atoms with Crippen LogP contribution in [0.5, 0.6) is 0 Å². The summed E-state index contributed by atoms with van der Waals surface area (Å²) >= 11 is 0. The van der Waals surface area contributed by atoms with Crippen molar-refractivity contribution in [2.75, 3.05) is 13.1 Å². The van der Waals surface area contributed by atoms with Crippen molar-refractivity contribution in [2.45, 2.75) is 39.2 Å². The molecule has 0 bridgehead atoms. The molecule has 2 amide bonds. The Labute approximate surface area is 140 Å². The number of amides is 2. The van der Waals surface area contributed by atoms with Crippen LogP contribution in [0.25, 0.3) is 0 Å². The van der Waals surface area contributed by atoms with Gasteiger partial charge in [-0.3, -0.25) is 9.59 Å². The van der Waals surface area contributed by atoms with E-state index in [4.69, 9.17) is 9.52 Å². The number of likely N-dealkylation sites (tertiary alicyclic amines) is 1. The van der Waals surface area contributed by atoms with Gasteiger partial charge in [0, 0.05) is 19.0 Å². The number of carboxylic acid groups (broad SMARTS) is 1. The van der Waals surface area contributed by atoms with Crippen molar-refractivity contribution in [3.63, 3.8) is 0 Å². The molecule has 1 saturated heterocycles. The summed E-state index contributed by atoms with van der Waals surface area (Å²) in [4.78, 5) is 37.3. The minimum absolute atomic E-state index is 0.109. The van der Waals surface area contributed by atoms with E-state index in [0.29, 0.717) is 18.1 Å². The lowest BCUT2D eigenvalue weighted by molar-refractivity contribution is -0.136. The second-order valence-electron chi connectivity index (χ2n) is 6.60. The van der Waals surface area contributed by atoms with E-state index in [1.165, 1.54) is 6.07 Å². The van der Waals surface area contributed by atoms with E-state index in [1.807, 2.05) is 4.90 Å². The van der Waals surface area contributed by atoms with Gasteiger partial charge < -0.3 is 19.7 Å². The molecule has 1 unspecified atom stereocenters. The molecule has 2 aliphatic rings. The molecule has 1 saturated carbocycles. The number of carbonyl (C=O) groups excluding carboxylic acids is 2. The molecule has 1 aliphatic carbocycles. The monoisotopic (exact) mass is 334 g/mol. The summed E-state index contributed by atoms with van der Waals surface area (Å²) in [5.41, 5.74) is 0.109. The number of hydrogen-bond donors (Lipinski definition) is 2. The van der Waals surface area contributed by atoms with Crippen molar-refractivity contribution in [1.82, 2.24) is 10.2 Å². The maximum atomic E-state index is 12.3. The van der Waals surface area contributed by atoms with Gasteiger partial charge in [0.05, 0.1) is 12.5 Å². The van der Waals surface area contributed by atoms with Crippen molar-refractivity contribution in [3.05, 3.63) is 23.2 Å². The molecular weight excluding hydrogens is 312 g/mol. The molecule has 130 valence electrons. The topological polar surface area (TPSA) is 99.9 Å². The van der Waals surface area contributed by atoms with Crippen LogP contribution < -0.4 is 5.32 Å². The molecular formula is C17H22N2O5. The number of nitrogens with one attached hydrogen (secondary N) is 1. The molecule has 0 radical (unpaired) electrons. The van der Waals surface area contributed by atoms with Crippen LogP contribution in [0.3, 0.4) is 0 Å². The van der Waals surface area contributed by atoms with Gasteiger partial charge >= 0.3 is 5.97 Å². The van der Waals surface area contributed by atoms with Gasteiger partial charge in [-0.1, -0.05) is 0 Å². The lowest BCUT2D eigenvalue weighted by Crippen LogP contribution is -2.45. The lowest BCUT2D eigenvalue weighted by atomic mass is 9.96. The third-order valence-electron chi connectivity index (χ3n) is 4.67. The van der Waals surface area contributed by atoms with E-state index in [-0.39, 0.29) is 35.8 Å². The summed E-state index contributed by atoms with van der Waals surface area (Å²) in [5.74, 6) is -0.279. The van der Waals surface area contributed by atoms with Crippen LogP contribution in [0.4, 0.5) is 0 Å². The number of carboxylic acids is 1. The van der Waals surface area contributed by atoms with Crippen LogP contribution >= 0.6 is 0 Å². The summed E-state index contributed by atoms with van der Waals surface area (Å²) in [6.07, 6.45) is 3.53. The Morgan fingerprint density at radius 1 is 1.29 bits per heavy atom. The SMILES string of the molecule is Cc1oc(CNC(=O)C2CCCN(C(=O)C3CC3)C2)cc1C(=O)O. The largest absolute Gasteiger partial charge is 0.478 e. The molecule has 1 aromatic heterocycles. The summed E-state index contributed by atoms with van der Waals surface area (Å²) in [7, 11) is 0. The molecule has 1 aliphatic heterocycles. The van der Waals surface area contributed by atoms with Gasteiger partial charge in [-0.25, -0.2) is 4.79 Å². The molecule has 2 fully saturated rings. The predicted octanol–water partition coefficient (Wildman–Crippen LogP) is 1.55. The quantitative estimate of drug-likeness (QED) is 0.851. The summed E-state index contributed by atoms with van der Waals surface area (Å²) in [6, 6.07) is 1.43. The zero-order chi connectivity index (χ0) is 17.3. The number of aromatic carboxylic acids is 1. The molecule has 7 heteroatoms. The number of hydrogen-bond acceptors (Lipinski definition) is 4. The third kappa shape index (κ3) is 3.60. The predicted molar refractivity (Wildman–Crippen MR) is 84.3 cm³/mol. The second kappa shape index (κ2) is 6.67. The Bertz CT molecular complexity index is 662. The highest BCUT2D eigenvalue weighted by molar-refractivity contribution is 5.89. The normalized spacial score (nSPS) is 20.7. The Morgan fingerprint density at radius 2 is 2.04 bits per heavy atom. The molecule has 3 rings (SSSR count). The van der Waals surface area contributed by atoms with Crippen molar-refractivity contribution < 1.29 is 23.9 Å². The molecule has 1 aromatic rings. The van der Waals surface area contributed by atoms with Crippen LogP contribution in [0.1, 0.15) is 47.6 Å². The second-order valence-corrected chi connectivity index (χ2v) is 6.60. The highest BCUT2D eigenvalue weighted by atomic mass is 16.4. The fraction of sp³-hybridized carbons (Fsp3) is 0.588. The Hall–Kier alpha value is -2.31. The summed E-state index contributed by atoms with van der Waals surface area (Å²) in [5, 5.41) is 11.8. The maximum Gasteiger partial charge on any atom is 0.339 e. The standard InChI is InChI=1S/C17H22N2O5/c1-10-14(17(22)23)7-13(24-10)8-18-15(20)12-3-2-6-19(9-12)16(21)11-4-5-11/h7,11-12H,2-6,8-9H2,1H3,(H,18,20)(H,22,23). The average molecular weight is 334 g/mol. The number of nitrogens with zero attached hydrogens (tertiary/aromatic N) is 1. The van der Waals surface area contributed by atoms with Crippen molar-refractivity contribution in [2.24, 2.45) is 11.8 Å². The van der Waals surface area contributed by atoms with Crippen molar-refractivity contribution in [1.29, 1.82) is 0 Å². The molecule has 0 spiro atoms. The molecule has 2 heterocycles. The Morgan fingerprint density at radius 3 is 2.67 bits per heavy atom. The summed E-state index contributed by atoms with van der Waals surface area (Å²) < 4.78 is 5.35. The van der Waals surface area contributed by atoms with Crippen LogP contribution in [0.2, 0.25) is 0 Å². The first-order valence-corrected chi connectivity index (χ1v) is 8.35. The minimum atomic E-state index is -1.05. The number of rotatable bonds is 5. The molecule has 1 atom stereocenters. The van der Waals surface area contributed by atoms with E-state index in [2.05, 4.69) is 5.32 Å². The van der Waals surface area contributed by atoms with Gasteiger partial charge in [0.2, 0.25) is 11.8 Å². The van der Waals surface area contributed by atoms with Crippen molar-refractivity contribution >= 4 is 17.8 Å². The maximum absolute atomic E-state index is 12.3. The van der Waals surface area contributed by atoms with Crippen LogP contribution in [0.15, 0.2) is 10.5 Å². The van der Waals surface area contributed by atoms with Gasteiger partial charge in [-0.15, -0.1) is 0 Å². The fourth-order valence-corrected chi connectivity index (χ4v) is 3.14. The number of aryl methyl sites for hydroxylation is 1. The number of piperidine rings is 1. The highest BCUT2D eigenvalue weighted by Crippen LogP contribution is 2.32. The first-order chi connectivity index (χ1) is 11.5. The average Bonchev–Trinajstić information content (AvgIpc) is 3.34. The lowest BCUT2D eigenvalue weighted by Gasteiger charge is -2.32. The Balaban J connectivity index is 1.53. The van der Waals surface area contributed by atoms with E-state index < -0.39 is 5.97 Å². The fourth-order valence-electron chi connectivity index (χ4n) is 3.14. The van der Waals surface area contributed by atoms with Gasteiger partial charge in [0.15, 0.2) is 0 Å². The third-order valence-corrected chi connectivity index (χ3v) is 4.67. The smallest absolute Gasteiger partial charge is 0.339 e. The highest BCUT2D eigenvalue weighted by Gasteiger charge is 2.36. The van der Waals surface area contributed by atoms with E-state index >= 15 is 0 Å². The zero-order valence-corrected chi connectivity index (χ0v) is 13.7. The van der Waals surface area contributed by atoms with Crippen LogP contribution in [-0.4, -0.2) is 40.9 Å². The molecule has 7 nitrogen and oxygen atoms in total. The van der Waals surface area contributed by atoms with Crippen LogP contribution in [-0.2, 0) is 16.1 Å². The number of carbonyl (C=O) groups is 3. The molecule has 2 N–H and O–H groups in total. The van der Waals surface area contributed by atoms with E-state index in [0.717, 1.165) is 32.2 Å².